The zero-order valence-electron chi connectivity index (χ0n) is 35.0. The number of carboxylic acid groups (broad SMARTS) is 1. The number of aromatic nitrogens is 3. The molecule has 0 spiro atoms. The van der Waals surface area contributed by atoms with E-state index in [9.17, 15) is 19.5 Å². The lowest BCUT2D eigenvalue weighted by Crippen LogP contribution is -2.04. The van der Waals surface area contributed by atoms with Crippen LogP contribution in [0.2, 0.25) is 15.2 Å². The minimum Gasteiger partial charge on any atom is -0.478 e. The predicted molar refractivity (Wildman–Crippen MR) is 282 cm³/mol. The second-order valence-electron chi connectivity index (χ2n) is 14.4. The van der Waals surface area contributed by atoms with Crippen LogP contribution in [0.25, 0.3) is 63.0 Å². The molecule has 17 heteroatoms. The molecule has 11 nitrogen and oxygen atoms in total. The molecule has 0 aliphatic carbocycles. The summed E-state index contributed by atoms with van der Waals surface area (Å²) in [5, 5.41) is 29.0. The fourth-order valence-electron chi connectivity index (χ4n) is 7.43. The van der Waals surface area contributed by atoms with Gasteiger partial charge in [0.1, 0.15) is 16.8 Å². The zero-order valence-corrected chi connectivity index (χ0v) is 39.7. The van der Waals surface area contributed by atoms with E-state index < -0.39 is 17.9 Å². The van der Waals surface area contributed by atoms with Gasteiger partial charge in [-0.05, 0) is 76.8 Å². The fraction of sp³-hybridized carbons (Fsp3) is 0.0588. The molecule has 5 aromatic carbocycles. The zero-order chi connectivity index (χ0) is 46.8. The summed E-state index contributed by atoms with van der Waals surface area (Å²) in [7, 11) is 2.72. The van der Waals surface area contributed by atoms with Gasteiger partial charge in [0, 0.05) is 46.4 Å². The topological polar surface area (TPSA) is 153 Å². The minimum absolute atomic E-state index is 0. The standard InChI is InChI=1S/C19H13ClN2O2S.C18H11ClN2O2S.C13H8ClNO2S.CH4/c1-24-19(23)12-6-4-5-11-16(12)22-18(13-9-10-25-17(11)13)21-15-8-3-2-7-14(15)20;19-13-6-1-2-7-14(13)20-17-12-8-9-24-16(12)10-4-3-5-11(18(22)23)15(10)21-17;1-17-13(16)8-4-2-3-7-10(8)15-12(14)9-5-6-18-11(7)9;/h2-10H,1H3,(H,21,22);1-9H,(H,20,21)(H,22,23);2-6H,1H3;1H4. The molecule has 0 aliphatic heterocycles. The Morgan fingerprint density at radius 1 is 0.485 bits per heavy atom. The number of nitrogens with one attached hydrogen (secondary N) is 2. The summed E-state index contributed by atoms with van der Waals surface area (Å²) >= 11 is 23.4. The molecule has 340 valence electrons. The number of methoxy groups -OCH3 is 2. The summed E-state index contributed by atoms with van der Waals surface area (Å²) in [6.07, 6.45) is 0. The van der Waals surface area contributed by atoms with Gasteiger partial charge in [0.2, 0.25) is 0 Å². The third-order valence-corrected chi connectivity index (χ3v) is 14.3. The quantitative estimate of drug-likeness (QED) is 0.103. The van der Waals surface area contributed by atoms with Crippen LogP contribution in [0.5, 0.6) is 0 Å². The smallest absolute Gasteiger partial charge is 0.340 e. The number of thiophene rings is 3. The number of benzene rings is 5. The van der Waals surface area contributed by atoms with Gasteiger partial charge >= 0.3 is 17.9 Å². The van der Waals surface area contributed by atoms with Crippen LogP contribution >= 0.6 is 68.8 Å². The van der Waals surface area contributed by atoms with Crippen LogP contribution in [0.3, 0.4) is 0 Å². The monoisotopic (exact) mass is 1020 g/mol. The number of nitrogens with zero attached hydrogens (tertiary/aromatic N) is 3. The maximum Gasteiger partial charge on any atom is 0.340 e. The van der Waals surface area contributed by atoms with Gasteiger partial charge in [-0.1, -0.05) is 103 Å². The van der Waals surface area contributed by atoms with Crippen molar-refractivity contribution in [3.05, 3.63) is 169 Å². The highest BCUT2D eigenvalue weighted by atomic mass is 35.5. The molecule has 0 unspecified atom stereocenters. The molecule has 0 fully saturated rings. The average Bonchev–Trinajstić information content (AvgIpc) is 4.16. The Kier molecular flexibility index (Phi) is 14.4. The number of aromatic carboxylic acids is 1. The van der Waals surface area contributed by atoms with Crippen molar-refractivity contribution < 1.29 is 29.0 Å². The summed E-state index contributed by atoms with van der Waals surface area (Å²) in [4.78, 5) is 49.0. The number of ether oxygens (including phenoxy) is 2. The Balaban J connectivity index is 0.000000139. The van der Waals surface area contributed by atoms with Gasteiger partial charge in [-0.3, -0.25) is 0 Å². The summed E-state index contributed by atoms with van der Waals surface area (Å²) in [6.45, 7) is 0. The van der Waals surface area contributed by atoms with E-state index in [1.807, 2.05) is 107 Å². The van der Waals surface area contributed by atoms with Crippen LogP contribution in [0.1, 0.15) is 38.5 Å². The second kappa shape index (κ2) is 20.5. The Morgan fingerprint density at radius 3 is 1.29 bits per heavy atom. The molecule has 3 N–H and O–H groups in total. The number of carboxylic acids is 1. The SMILES string of the molecule is C.COC(=O)c1cccc2c1nc(Cl)c1ccsc12.COC(=O)c1cccc2c1nc(Nc1ccccc1Cl)c1ccsc12.O=C(O)c1cccc2c1nc(Nc1ccccc1Cl)c1ccsc12. The number of hydrogen-bond acceptors (Lipinski definition) is 13. The first kappa shape index (κ1) is 47.6. The van der Waals surface area contributed by atoms with E-state index in [0.29, 0.717) is 54.5 Å². The molecule has 0 radical (unpaired) electrons. The highest BCUT2D eigenvalue weighted by Crippen LogP contribution is 2.39. The Morgan fingerprint density at radius 2 is 0.868 bits per heavy atom. The lowest BCUT2D eigenvalue weighted by Gasteiger charge is -2.12. The molecule has 68 heavy (non-hydrogen) atoms. The summed E-state index contributed by atoms with van der Waals surface area (Å²) in [5.41, 5.74) is 4.22. The van der Waals surface area contributed by atoms with Crippen molar-refractivity contribution in [1.82, 2.24) is 15.0 Å². The van der Waals surface area contributed by atoms with E-state index in [-0.39, 0.29) is 13.0 Å². The summed E-state index contributed by atoms with van der Waals surface area (Å²) in [5.74, 6) is -0.542. The highest BCUT2D eigenvalue weighted by Gasteiger charge is 2.19. The molecule has 6 aromatic heterocycles. The molecule has 6 heterocycles. The first-order valence-electron chi connectivity index (χ1n) is 20.0. The molecular weight excluding hydrogens is 981 g/mol. The second-order valence-corrected chi connectivity index (χ2v) is 18.3. The van der Waals surface area contributed by atoms with Gasteiger partial charge < -0.3 is 25.2 Å². The summed E-state index contributed by atoms with van der Waals surface area (Å²) in [6, 6.07) is 36.9. The molecule has 0 amide bonds. The highest BCUT2D eigenvalue weighted by molar-refractivity contribution is 7.19. The normalized spacial score (nSPS) is 10.8. The largest absolute Gasteiger partial charge is 0.478 e. The van der Waals surface area contributed by atoms with Crippen molar-refractivity contribution in [1.29, 1.82) is 0 Å². The Bertz CT molecular complexity index is 3730. The van der Waals surface area contributed by atoms with Crippen molar-refractivity contribution in [3.63, 3.8) is 0 Å². The Hall–Kier alpha value is -6.91. The van der Waals surface area contributed by atoms with Crippen LogP contribution in [-0.2, 0) is 9.47 Å². The van der Waals surface area contributed by atoms with E-state index in [1.54, 1.807) is 64.3 Å². The van der Waals surface area contributed by atoms with Crippen molar-refractivity contribution in [2.45, 2.75) is 7.43 Å². The van der Waals surface area contributed by atoms with Crippen molar-refractivity contribution in [2.75, 3.05) is 24.9 Å². The number of esters is 2. The summed E-state index contributed by atoms with van der Waals surface area (Å²) < 4.78 is 12.8. The minimum atomic E-state index is -0.993. The lowest BCUT2D eigenvalue weighted by molar-refractivity contribution is 0.0594. The molecule has 0 saturated carbocycles. The third kappa shape index (κ3) is 9.22. The number of anilines is 4. The van der Waals surface area contributed by atoms with Crippen LogP contribution in [0.4, 0.5) is 23.0 Å². The average molecular weight is 1020 g/mol. The molecule has 11 rings (SSSR count). The van der Waals surface area contributed by atoms with Gasteiger partial charge in [0.05, 0.1) is 68.9 Å². The maximum absolute atomic E-state index is 12.1. The number of hydrogen-bond donors (Lipinski definition) is 3. The first-order valence-corrected chi connectivity index (χ1v) is 23.8. The molecule has 0 bridgehead atoms. The number of halogens is 3. The van der Waals surface area contributed by atoms with Crippen molar-refractivity contribution in [2.24, 2.45) is 0 Å². The van der Waals surface area contributed by atoms with Gasteiger partial charge in [-0.25, -0.2) is 29.3 Å². The number of para-hydroxylation sites is 5. The molecule has 0 saturated heterocycles. The van der Waals surface area contributed by atoms with Crippen LogP contribution in [0.15, 0.2) is 137 Å². The van der Waals surface area contributed by atoms with Crippen LogP contribution in [-0.4, -0.2) is 52.2 Å². The van der Waals surface area contributed by atoms with Gasteiger partial charge in [-0.15, -0.1) is 34.0 Å². The van der Waals surface area contributed by atoms with Crippen LogP contribution < -0.4 is 10.6 Å². The van der Waals surface area contributed by atoms with Gasteiger partial charge in [0.25, 0.3) is 0 Å². The van der Waals surface area contributed by atoms with Gasteiger partial charge in [0.15, 0.2) is 0 Å². The molecular formula is C51H36Cl3N5O6S3. The maximum atomic E-state index is 12.1. The number of carbonyl (C=O) groups excluding carboxylic acids is 2. The third-order valence-electron chi connectivity index (χ3n) is 10.5. The van der Waals surface area contributed by atoms with E-state index in [0.717, 1.165) is 57.8 Å². The molecule has 11 aromatic rings. The van der Waals surface area contributed by atoms with Crippen LogP contribution in [0, 0.1) is 0 Å². The Labute approximate surface area is 415 Å². The van der Waals surface area contributed by atoms with E-state index in [4.69, 9.17) is 49.3 Å². The van der Waals surface area contributed by atoms with E-state index in [2.05, 4.69) is 20.6 Å². The van der Waals surface area contributed by atoms with Crippen molar-refractivity contribution >= 4 is 173 Å². The van der Waals surface area contributed by atoms with Gasteiger partial charge in [-0.2, -0.15) is 0 Å². The predicted octanol–water partition coefficient (Wildman–Crippen LogP) is 15.7. The molecule has 0 aliphatic rings. The number of carbonyl (C=O) groups is 3. The fourth-order valence-corrected chi connectivity index (χ4v) is 10.9. The number of fused-ring (bicyclic) bond motifs is 9. The van der Waals surface area contributed by atoms with E-state index in [1.165, 1.54) is 14.2 Å². The number of rotatable bonds is 7. The number of pyridine rings is 3. The molecule has 0 atom stereocenters. The lowest BCUT2D eigenvalue weighted by atomic mass is 10.1. The van der Waals surface area contributed by atoms with E-state index >= 15 is 0 Å². The van der Waals surface area contributed by atoms with Crippen molar-refractivity contribution in [3.8, 4) is 0 Å². The first-order chi connectivity index (χ1) is 32.6.